The first-order chi connectivity index (χ1) is 10.1. The molecule has 1 aliphatic rings. The summed E-state index contributed by atoms with van der Waals surface area (Å²) in [6.07, 6.45) is 3.42. The average molecular weight is 287 g/mol. The number of hydrogen-bond donors (Lipinski definition) is 1. The molecule has 7 heteroatoms. The Bertz CT molecular complexity index is 637. The van der Waals surface area contributed by atoms with Crippen LogP contribution in [0.1, 0.15) is 18.5 Å². The maximum absolute atomic E-state index is 11.1. The molecule has 0 aliphatic carbocycles. The number of hydrogen-bond acceptors (Lipinski definition) is 5. The van der Waals surface area contributed by atoms with Crippen LogP contribution in [-0.2, 0) is 4.79 Å². The lowest BCUT2D eigenvalue weighted by Crippen LogP contribution is -2.39. The Labute approximate surface area is 122 Å². The predicted molar refractivity (Wildman–Crippen MR) is 76.5 cm³/mol. The van der Waals surface area contributed by atoms with E-state index in [1.54, 1.807) is 4.68 Å². The topological polar surface area (TPSA) is 84.1 Å². The Morgan fingerprint density at radius 1 is 1.29 bits per heavy atom. The molecule has 1 atom stereocenters. The van der Waals surface area contributed by atoms with Gasteiger partial charge in [-0.15, -0.1) is 10.2 Å². The van der Waals surface area contributed by atoms with Crippen molar-refractivity contribution in [1.29, 1.82) is 0 Å². The van der Waals surface area contributed by atoms with Gasteiger partial charge in [0, 0.05) is 19.3 Å². The molecule has 0 amide bonds. The van der Waals surface area contributed by atoms with Crippen LogP contribution in [0.4, 0.5) is 5.82 Å². The summed E-state index contributed by atoms with van der Waals surface area (Å²) < 4.78 is 1.67. The van der Waals surface area contributed by atoms with Crippen LogP contribution in [0, 0.1) is 12.8 Å². The second kappa shape index (κ2) is 5.51. The highest BCUT2D eigenvalue weighted by atomic mass is 16.4. The highest BCUT2D eigenvalue weighted by Gasteiger charge is 2.26. The van der Waals surface area contributed by atoms with Crippen LogP contribution < -0.4 is 4.90 Å². The van der Waals surface area contributed by atoms with Gasteiger partial charge in [0.2, 0.25) is 0 Å². The highest BCUT2D eigenvalue weighted by Crippen LogP contribution is 2.21. The largest absolute Gasteiger partial charge is 0.481 e. The Morgan fingerprint density at radius 2 is 2.05 bits per heavy atom. The zero-order valence-corrected chi connectivity index (χ0v) is 11.8. The summed E-state index contributed by atoms with van der Waals surface area (Å²) in [6.45, 7) is 3.22. The summed E-state index contributed by atoms with van der Waals surface area (Å²) in [4.78, 5) is 13.1. The zero-order valence-electron chi connectivity index (χ0n) is 11.8. The van der Waals surface area contributed by atoms with Crippen molar-refractivity contribution in [2.75, 3.05) is 18.0 Å². The van der Waals surface area contributed by atoms with E-state index >= 15 is 0 Å². The molecule has 21 heavy (non-hydrogen) atoms. The van der Waals surface area contributed by atoms with Crippen molar-refractivity contribution in [3.05, 3.63) is 30.1 Å². The quantitative estimate of drug-likeness (QED) is 0.915. The Balaban J connectivity index is 1.76. The first-order valence-corrected chi connectivity index (χ1v) is 6.97. The molecular formula is C14H17N5O2. The van der Waals surface area contributed by atoms with Crippen LogP contribution in [0.2, 0.25) is 0 Å². The van der Waals surface area contributed by atoms with Gasteiger partial charge >= 0.3 is 5.97 Å². The molecule has 0 aromatic carbocycles. The first-order valence-electron chi connectivity index (χ1n) is 6.97. The zero-order chi connectivity index (χ0) is 14.8. The lowest BCUT2D eigenvalue weighted by molar-refractivity contribution is -0.141. The van der Waals surface area contributed by atoms with Crippen molar-refractivity contribution in [3.63, 3.8) is 0 Å². The van der Waals surface area contributed by atoms with Gasteiger partial charge in [-0.3, -0.25) is 4.79 Å². The Morgan fingerprint density at radius 3 is 2.67 bits per heavy atom. The van der Waals surface area contributed by atoms with Crippen LogP contribution in [0.25, 0.3) is 5.82 Å². The number of nitrogens with zero attached hydrogens (tertiary/aromatic N) is 5. The average Bonchev–Trinajstić information content (AvgIpc) is 2.94. The minimum absolute atomic E-state index is 0.325. The van der Waals surface area contributed by atoms with Gasteiger partial charge in [0.25, 0.3) is 0 Å². The molecule has 1 fully saturated rings. The van der Waals surface area contributed by atoms with E-state index in [0.717, 1.165) is 25.1 Å². The summed E-state index contributed by atoms with van der Waals surface area (Å²) in [7, 11) is 0. The van der Waals surface area contributed by atoms with Crippen LogP contribution in [0.5, 0.6) is 0 Å². The second-order valence-electron chi connectivity index (χ2n) is 5.27. The minimum atomic E-state index is -0.740. The van der Waals surface area contributed by atoms with Gasteiger partial charge in [0.15, 0.2) is 11.6 Å². The van der Waals surface area contributed by atoms with E-state index in [1.807, 2.05) is 36.2 Å². The van der Waals surface area contributed by atoms with Gasteiger partial charge in [-0.25, -0.2) is 4.68 Å². The van der Waals surface area contributed by atoms with E-state index < -0.39 is 5.97 Å². The summed E-state index contributed by atoms with van der Waals surface area (Å²) in [5, 5.41) is 21.8. The predicted octanol–water partition coefficient (Wildman–Crippen LogP) is 1.27. The number of aromatic nitrogens is 4. The summed E-state index contributed by atoms with van der Waals surface area (Å²) in [5.74, 6) is 0.303. The molecule has 0 radical (unpaired) electrons. The number of carboxylic acid groups (broad SMARTS) is 1. The SMILES string of the molecule is Cc1ccn(-c2ccc(N3CCCC(C(=O)O)C3)nn2)n1. The smallest absolute Gasteiger partial charge is 0.308 e. The fraction of sp³-hybridized carbons (Fsp3) is 0.429. The first kappa shape index (κ1) is 13.5. The van der Waals surface area contributed by atoms with Gasteiger partial charge in [-0.1, -0.05) is 0 Å². The molecule has 3 rings (SSSR count). The molecule has 1 saturated heterocycles. The third-order valence-electron chi connectivity index (χ3n) is 3.69. The molecular weight excluding hydrogens is 270 g/mol. The number of carboxylic acids is 1. The van der Waals surface area contributed by atoms with Crippen molar-refractivity contribution in [1.82, 2.24) is 20.0 Å². The normalized spacial score (nSPS) is 18.7. The molecule has 2 aromatic heterocycles. The molecule has 1 aliphatic heterocycles. The molecule has 1 unspecified atom stereocenters. The number of aliphatic carboxylic acids is 1. The lowest BCUT2D eigenvalue weighted by atomic mass is 9.98. The van der Waals surface area contributed by atoms with Gasteiger partial charge in [-0.05, 0) is 38.0 Å². The molecule has 7 nitrogen and oxygen atoms in total. The molecule has 0 saturated carbocycles. The van der Waals surface area contributed by atoms with Gasteiger partial charge in [0.05, 0.1) is 11.6 Å². The van der Waals surface area contributed by atoms with Crippen molar-refractivity contribution in [3.8, 4) is 5.82 Å². The second-order valence-corrected chi connectivity index (χ2v) is 5.27. The molecule has 1 N–H and O–H groups in total. The summed E-state index contributed by atoms with van der Waals surface area (Å²) >= 11 is 0. The Hall–Kier alpha value is -2.44. The molecule has 3 heterocycles. The summed E-state index contributed by atoms with van der Waals surface area (Å²) in [5.41, 5.74) is 0.918. The Kier molecular flexibility index (Phi) is 3.55. The molecule has 0 bridgehead atoms. The van der Waals surface area contributed by atoms with Crippen molar-refractivity contribution in [2.45, 2.75) is 19.8 Å². The third-order valence-corrected chi connectivity index (χ3v) is 3.69. The number of rotatable bonds is 3. The van der Waals surface area contributed by atoms with Crippen molar-refractivity contribution < 1.29 is 9.90 Å². The van der Waals surface area contributed by atoms with E-state index in [9.17, 15) is 4.79 Å². The molecule has 2 aromatic rings. The summed E-state index contributed by atoms with van der Waals surface area (Å²) in [6, 6.07) is 5.61. The fourth-order valence-corrected chi connectivity index (χ4v) is 2.54. The standard InChI is InChI=1S/C14H17N5O2/c1-10-6-8-19(17-10)13-5-4-12(15-16-13)18-7-2-3-11(9-18)14(20)21/h4-6,8,11H,2-3,7,9H2,1H3,(H,20,21). The number of anilines is 1. The van der Waals surface area contributed by atoms with Crippen LogP contribution in [0.15, 0.2) is 24.4 Å². The maximum Gasteiger partial charge on any atom is 0.308 e. The third kappa shape index (κ3) is 2.86. The van der Waals surface area contributed by atoms with E-state index in [0.29, 0.717) is 18.2 Å². The molecule has 110 valence electrons. The maximum atomic E-state index is 11.1. The van der Waals surface area contributed by atoms with Gasteiger partial charge < -0.3 is 10.0 Å². The monoisotopic (exact) mass is 287 g/mol. The van der Waals surface area contributed by atoms with Crippen molar-refractivity contribution in [2.24, 2.45) is 5.92 Å². The number of aryl methyl sites for hydroxylation is 1. The number of piperidine rings is 1. The molecule has 0 spiro atoms. The fourth-order valence-electron chi connectivity index (χ4n) is 2.54. The number of carbonyl (C=O) groups is 1. The van der Waals surface area contributed by atoms with Gasteiger partial charge in [0.1, 0.15) is 0 Å². The van der Waals surface area contributed by atoms with Gasteiger partial charge in [-0.2, -0.15) is 5.10 Å². The lowest BCUT2D eigenvalue weighted by Gasteiger charge is -2.31. The van der Waals surface area contributed by atoms with E-state index in [-0.39, 0.29) is 5.92 Å². The van der Waals surface area contributed by atoms with E-state index in [1.165, 1.54) is 0 Å². The highest BCUT2D eigenvalue weighted by molar-refractivity contribution is 5.71. The van der Waals surface area contributed by atoms with Crippen LogP contribution in [0.3, 0.4) is 0 Å². The van der Waals surface area contributed by atoms with E-state index in [4.69, 9.17) is 5.11 Å². The van der Waals surface area contributed by atoms with E-state index in [2.05, 4.69) is 15.3 Å². The van der Waals surface area contributed by atoms with Crippen LogP contribution >= 0.6 is 0 Å². The van der Waals surface area contributed by atoms with Crippen molar-refractivity contribution >= 4 is 11.8 Å². The van der Waals surface area contributed by atoms with Crippen LogP contribution in [-0.4, -0.2) is 44.1 Å². The minimum Gasteiger partial charge on any atom is -0.481 e.